The summed E-state index contributed by atoms with van der Waals surface area (Å²) in [6.07, 6.45) is 0. The molecule has 3 aromatic rings. The highest BCUT2D eigenvalue weighted by Gasteiger charge is 2.11. The highest BCUT2D eigenvalue weighted by molar-refractivity contribution is 7.18. The zero-order chi connectivity index (χ0) is 15.0. The van der Waals surface area contributed by atoms with Crippen molar-refractivity contribution in [2.45, 2.75) is 20.8 Å². The van der Waals surface area contributed by atoms with Crippen LogP contribution in [-0.4, -0.2) is 17.1 Å². The van der Waals surface area contributed by atoms with Crippen LogP contribution in [0.1, 0.15) is 16.3 Å². The number of aromatic nitrogens is 2. The van der Waals surface area contributed by atoms with E-state index in [4.69, 9.17) is 4.74 Å². The fourth-order valence-electron chi connectivity index (χ4n) is 2.29. The van der Waals surface area contributed by atoms with E-state index in [9.17, 15) is 0 Å². The van der Waals surface area contributed by atoms with E-state index in [0.717, 1.165) is 33.3 Å². The molecule has 0 spiro atoms. The molecule has 0 saturated carbocycles. The Morgan fingerprint density at radius 1 is 1.10 bits per heavy atom. The number of benzene rings is 1. The van der Waals surface area contributed by atoms with Crippen molar-refractivity contribution in [3.8, 4) is 5.75 Å². The molecule has 21 heavy (non-hydrogen) atoms. The van der Waals surface area contributed by atoms with Gasteiger partial charge in [0.1, 0.15) is 22.2 Å². The molecule has 0 bridgehead atoms. The maximum absolute atomic E-state index is 5.42. The molecule has 0 amide bonds. The third-order valence-electron chi connectivity index (χ3n) is 3.24. The SMILES string of the molecule is COc1ccc(C)cc1Nc1nc(C)nc2sc(C)cc12. The van der Waals surface area contributed by atoms with Gasteiger partial charge in [-0.2, -0.15) is 0 Å². The Hall–Kier alpha value is -2.14. The van der Waals surface area contributed by atoms with E-state index >= 15 is 0 Å². The van der Waals surface area contributed by atoms with E-state index in [1.165, 1.54) is 10.4 Å². The summed E-state index contributed by atoms with van der Waals surface area (Å²) in [5.74, 6) is 2.39. The van der Waals surface area contributed by atoms with Crippen LogP contribution in [0.15, 0.2) is 24.3 Å². The summed E-state index contributed by atoms with van der Waals surface area (Å²) in [6.45, 7) is 6.05. The predicted molar refractivity (Wildman–Crippen MR) is 87.9 cm³/mol. The number of hydrogen-bond acceptors (Lipinski definition) is 5. The average molecular weight is 299 g/mol. The number of methoxy groups -OCH3 is 1. The first-order valence-electron chi connectivity index (χ1n) is 6.73. The molecule has 2 heterocycles. The van der Waals surface area contributed by atoms with Crippen LogP contribution in [0.3, 0.4) is 0 Å². The number of nitrogens with one attached hydrogen (secondary N) is 1. The van der Waals surface area contributed by atoms with Gasteiger partial charge in [-0.05, 0) is 44.5 Å². The van der Waals surface area contributed by atoms with Crippen molar-refractivity contribution in [3.63, 3.8) is 0 Å². The lowest BCUT2D eigenvalue weighted by Crippen LogP contribution is -2.00. The quantitative estimate of drug-likeness (QED) is 0.780. The minimum Gasteiger partial charge on any atom is -0.495 e. The van der Waals surface area contributed by atoms with Gasteiger partial charge in [0, 0.05) is 4.88 Å². The van der Waals surface area contributed by atoms with Crippen LogP contribution in [0, 0.1) is 20.8 Å². The zero-order valence-electron chi connectivity index (χ0n) is 12.5. The van der Waals surface area contributed by atoms with E-state index in [1.54, 1.807) is 18.4 Å². The molecule has 108 valence electrons. The first-order valence-corrected chi connectivity index (χ1v) is 7.55. The molecule has 3 rings (SSSR count). The average Bonchev–Trinajstić information content (AvgIpc) is 2.79. The van der Waals surface area contributed by atoms with E-state index in [-0.39, 0.29) is 0 Å². The van der Waals surface area contributed by atoms with Gasteiger partial charge in [-0.1, -0.05) is 6.07 Å². The maximum atomic E-state index is 5.42. The predicted octanol–water partition coefficient (Wildman–Crippen LogP) is 4.37. The van der Waals surface area contributed by atoms with Crippen LogP contribution in [0.5, 0.6) is 5.75 Å². The van der Waals surface area contributed by atoms with Gasteiger partial charge < -0.3 is 10.1 Å². The van der Waals surface area contributed by atoms with Gasteiger partial charge in [0.05, 0.1) is 18.2 Å². The van der Waals surface area contributed by atoms with Crippen LogP contribution >= 0.6 is 11.3 Å². The van der Waals surface area contributed by atoms with Crippen molar-refractivity contribution in [1.29, 1.82) is 0 Å². The number of hydrogen-bond donors (Lipinski definition) is 1. The number of ether oxygens (including phenoxy) is 1. The molecule has 4 nitrogen and oxygen atoms in total. The monoisotopic (exact) mass is 299 g/mol. The largest absolute Gasteiger partial charge is 0.495 e. The van der Waals surface area contributed by atoms with Crippen molar-refractivity contribution in [1.82, 2.24) is 9.97 Å². The molecule has 2 aromatic heterocycles. The number of aryl methyl sites for hydroxylation is 3. The van der Waals surface area contributed by atoms with E-state index < -0.39 is 0 Å². The van der Waals surface area contributed by atoms with Gasteiger partial charge >= 0.3 is 0 Å². The molecule has 0 radical (unpaired) electrons. The topological polar surface area (TPSA) is 47.0 Å². The first kappa shape index (κ1) is 13.8. The summed E-state index contributed by atoms with van der Waals surface area (Å²) < 4.78 is 5.42. The summed E-state index contributed by atoms with van der Waals surface area (Å²) in [7, 11) is 1.67. The fraction of sp³-hybridized carbons (Fsp3) is 0.250. The lowest BCUT2D eigenvalue weighted by Gasteiger charge is -2.12. The Bertz CT molecular complexity index is 811. The second-order valence-corrected chi connectivity index (χ2v) is 6.26. The van der Waals surface area contributed by atoms with Gasteiger partial charge in [0.2, 0.25) is 0 Å². The molecule has 0 saturated heterocycles. The second-order valence-electron chi connectivity index (χ2n) is 5.02. The molecule has 1 aromatic carbocycles. The molecule has 0 fully saturated rings. The molecule has 0 aliphatic heterocycles. The third kappa shape index (κ3) is 2.69. The summed E-state index contributed by atoms with van der Waals surface area (Å²) in [4.78, 5) is 11.3. The Labute approximate surface area is 127 Å². The Kier molecular flexibility index (Phi) is 3.51. The van der Waals surface area contributed by atoms with Crippen molar-refractivity contribution in [3.05, 3.63) is 40.5 Å². The summed E-state index contributed by atoms with van der Waals surface area (Å²) in [5, 5.41) is 4.44. The van der Waals surface area contributed by atoms with Crippen LogP contribution in [0.4, 0.5) is 11.5 Å². The standard InChI is InChI=1S/C16H17N3OS/c1-9-5-6-14(20-4)13(7-9)19-15-12-8-10(2)21-16(12)18-11(3)17-15/h5-8H,1-4H3,(H,17,18,19). The van der Waals surface area contributed by atoms with E-state index in [2.05, 4.69) is 41.3 Å². The summed E-state index contributed by atoms with van der Waals surface area (Å²) in [5.41, 5.74) is 2.09. The van der Waals surface area contributed by atoms with Gasteiger partial charge in [-0.25, -0.2) is 9.97 Å². The molecular formula is C16H17N3OS. The van der Waals surface area contributed by atoms with Crippen molar-refractivity contribution in [2.75, 3.05) is 12.4 Å². The van der Waals surface area contributed by atoms with Gasteiger partial charge in [-0.15, -0.1) is 11.3 Å². The van der Waals surface area contributed by atoms with Crippen molar-refractivity contribution < 1.29 is 4.74 Å². The second kappa shape index (κ2) is 5.33. The summed E-state index contributed by atoms with van der Waals surface area (Å²) >= 11 is 1.68. The van der Waals surface area contributed by atoms with Crippen molar-refractivity contribution in [2.24, 2.45) is 0 Å². The van der Waals surface area contributed by atoms with Crippen LogP contribution in [0.2, 0.25) is 0 Å². The number of rotatable bonds is 3. The number of fused-ring (bicyclic) bond motifs is 1. The molecule has 0 atom stereocenters. The maximum Gasteiger partial charge on any atom is 0.143 e. The molecule has 1 N–H and O–H groups in total. The Balaban J connectivity index is 2.11. The molecular weight excluding hydrogens is 282 g/mol. The number of anilines is 2. The van der Waals surface area contributed by atoms with E-state index in [0.29, 0.717) is 0 Å². The van der Waals surface area contributed by atoms with Crippen LogP contribution in [0.25, 0.3) is 10.2 Å². The molecule has 0 unspecified atom stereocenters. The Morgan fingerprint density at radius 2 is 1.90 bits per heavy atom. The highest BCUT2D eigenvalue weighted by atomic mass is 32.1. The molecule has 5 heteroatoms. The first-order chi connectivity index (χ1) is 10.1. The van der Waals surface area contributed by atoms with Gasteiger partial charge in [-0.3, -0.25) is 0 Å². The third-order valence-corrected chi connectivity index (χ3v) is 4.18. The number of thiophene rings is 1. The summed E-state index contributed by atoms with van der Waals surface area (Å²) in [6, 6.07) is 8.16. The van der Waals surface area contributed by atoms with Crippen LogP contribution < -0.4 is 10.1 Å². The van der Waals surface area contributed by atoms with Crippen LogP contribution in [-0.2, 0) is 0 Å². The highest BCUT2D eigenvalue weighted by Crippen LogP contribution is 2.33. The minimum atomic E-state index is 0.762. The van der Waals surface area contributed by atoms with Crippen molar-refractivity contribution >= 4 is 33.1 Å². The van der Waals surface area contributed by atoms with E-state index in [1.807, 2.05) is 19.1 Å². The van der Waals surface area contributed by atoms with Gasteiger partial charge in [0.25, 0.3) is 0 Å². The minimum absolute atomic E-state index is 0.762. The molecule has 0 aliphatic rings. The lowest BCUT2D eigenvalue weighted by molar-refractivity contribution is 0.416. The normalized spacial score (nSPS) is 10.9. The smallest absolute Gasteiger partial charge is 0.143 e. The lowest BCUT2D eigenvalue weighted by atomic mass is 10.2. The zero-order valence-corrected chi connectivity index (χ0v) is 13.3. The van der Waals surface area contributed by atoms with Gasteiger partial charge in [0.15, 0.2) is 0 Å². The molecule has 0 aliphatic carbocycles. The number of nitrogens with zero attached hydrogens (tertiary/aromatic N) is 2. The fourth-order valence-corrected chi connectivity index (χ4v) is 3.22. The Morgan fingerprint density at radius 3 is 2.67 bits per heavy atom.